The molecule has 1 aliphatic heterocycles. The summed E-state index contributed by atoms with van der Waals surface area (Å²) in [5.41, 5.74) is 0.462. The van der Waals surface area contributed by atoms with Crippen molar-refractivity contribution in [2.75, 3.05) is 41.0 Å². The average Bonchev–Trinajstić information content (AvgIpc) is 2.52. The molecule has 1 aliphatic rings. The summed E-state index contributed by atoms with van der Waals surface area (Å²) in [6.45, 7) is 3.63. The Morgan fingerprint density at radius 3 is 2.33 bits per heavy atom. The van der Waals surface area contributed by atoms with E-state index >= 15 is 0 Å². The van der Waals surface area contributed by atoms with Crippen LogP contribution in [0.3, 0.4) is 0 Å². The lowest BCUT2D eigenvalue weighted by atomic mass is 10.1. The molecule has 1 aromatic carbocycles. The van der Waals surface area contributed by atoms with Crippen LogP contribution in [-0.4, -0.2) is 57.9 Å². The maximum Gasteiger partial charge on any atom is 0.257 e. The second-order valence-corrected chi connectivity index (χ2v) is 4.84. The van der Waals surface area contributed by atoms with E-state index in [-0.39, 0.29) is 12.0 Å². The minimum atomic E-state index is -0.0945. The van der Waals surface area contributed by atoms with Crippen LogP contribution in [0.5, 0.6) is 17.2 Å². The van der Waals surface area contributed by atoms with Crippen LogP contribution in [0.15, 0.2) is 12.1 Å². The summed E-state index contributed by atoms with van der Waals surface area (Å²) in [5.74, 6) is 1.41. The van der Waals surface area contributed by atoms with E-state index in [1.54, 1.807) is 24.1 Å². The Morgan fingerprint density at radius 2 is 1.76 bits per heavy atom. The number of amides is 1. The maximum atomic E-state index is 12.7. The van der Waals surface area contributed by atoms with Gasteiger partial charge in [-0.2, -0.15) is 0 Å². The standard InChI is InChI=1S/C15H21NO5/c1-10-9-16(5-6-21-10)15(17)11-7-13(19-3)14(20-4)8-12(11)18-2/h7-8,10H,5-6,9H2,1-4H3. The summed E-state index contributed by atoms with van der Waals surface area (Å²) in [7, 11) is 4.61. The first-order valence-electron chi connectivity index (χ1n) is 6.81. The third-order valence-electron chi connectivity index (χ3n) is 3.46. The fourth-order valence-corrected chi connectivity index (χ4v) is 2.37. The zero-order valence-corrected chi connectivity index (χ0v) is 12.8. The molecule has 1 saturated heterocycles. The number of methoxy groups -OCH3 is 3. The van der Waals surface area contributed by atoms with Crippen LogP contribution >= 0.6 is 0 Å². The van der Waals surface area contributed by atoms with Crippen LogP contribution in [-0.2, 0) is 4.74 Å². The molecule has 0 aliphatic carbocycles. The zero-order valence-electron chi connectivity index (χ0n) is 12.8. The van der Waals surface area contributed by atoms with Gasteiger partial charge in [0.2, 0.25) is 0 Å². The molecule has 1 heterocycles. The normalized spacial score (nSPS) is 18.3. The van der Waals surface area contributed by atoms with Gasteiger partial charge in [0.25, 0.3) is 5.91 Å². The Hall–Kier alpha value is -1.95. The average molecular weight is 295 g/mol. The van der Waals surface area contributed by atoms with Gasteiger partial charge in [-0.3, -0.25) is 4.79 Å². The monoisotopic (exact) mass is 295 g/mol. The van der Waals surface area contributed by atoms with Crippen LogP contribution in [0.4, 0.5) is 0 Å². The maximum absolute atomic E-state index is 12.7. The highest BCUT2D eigenvalue weighted by atomic mass is 16.5. The molecule has 1 amide bonds. The summed E-state index contributed by atoms with van der Waals surface area (Å²) < 4.78 is 21.3. The van der Waals surface area contributed by atoms with Gasteiger partial charge in [-0.05, 0) is 6.92 Å². The van der Waals surface area contributed by atoms with Crippen LogP contribution < -0.4 is 14.2 Å². The lowest BCUT2D eigenvalue weighted by Crippen LogP contribution is -2.44. The summed E-state index contributed by atoms with van der Waals surface area (Å²) in [4.78, 5) is 14.4. The molecule has 0 radical (unpaired) electrons. The fourth-order valence-electron chi connectivity index (χ4n) is 2.37. The SMILES string of the molecule is COc1cc(OC)c(C(=O)N2CCOC(C)C2)cc1OC. The largest absolute Gasteiger partial charge is 0.496 e. The van der Waals surface area contributed by atoms with E-state index in [2.05, 4.69) is 0 Å². The van der Waals surface area contributed by atoms with Crippen molar-refractivity contribution in [1.82, 2.24) is 4.90 Å². The number of carbonyl (C=O) groups is 1. The van der Waals surface area contributed by atoms with Gasteiger partial charge in [0.1, 0.15) is 5.75 Å². The van der Waals surface area contributed by atoms with E-state index in [1.807, 2.05) is 6.92 Å². The summed E-state index contributed by atoms with van der Waals surface area (Å²) in [6.07, 6.45) is 0.0360. The van der Waals surface area contributed by atoms with Crippen LogP contribution in [0.25, 0.3) is 0 Å². The van der Waals surface area contributed by atoms with Crippen molar-refractivity contribution in [2.24, 2.45) is 0 Å². The Morgan fingerprint density at radius 1 is 1.14 bits per heavy atom. The molecule has 116 valence electrons. The molecule has 1 atom stereocenters. The van der Waals surface area contributed by atoms with E-state index in [9.17, 15) is 4.79 Å². The summed E-state index contributed by atoms with van der Waals surface area (Å²) >= 11 is 0. The minimum absolute atomic E-state index is 0.0360. The van der Waals surface area contributed by atoms with Crippen LogP contribution in [0.1, 0.15) is 17.3 Å². The molecule has 21 heavy (non-hydrogen) atoms. The lowest BCUT2D eigenvalue weighted by molar-refractivity contribution is -0.0125. The van der Waals surface area contributed by atoms with Gasteiger partial charge >= 0.3 is 0 Å². The molecule has 1 aromatic rings. The molecule has 6 heteroatoms. The Labute approximate surface area is 124 Å². The predicted molar refractivity (Wildman–Crippen MR) is 77.4 cm³/mol. The highest BCUT2D eigenvalue weighted by molar-refractivity contribution is 5.98. The van der Waals surface area contributed by atoms with Crippen molar-refractivity contribution < 1.29 is 23.7 Å². The zero-order chi connectivity index (χ0) is 15.4. The second kappa shape index (κ2) is 6.67. The first kappa shape index (κ1) is 15.4. The first-order valence-corrected chi connectivity index (χ1v) is 6.81. The number of benzene rings is 1. The molecule has 0 N–H and O–H groups in total. The molecule has 0 spiro atoms. The van der Waals surface area contributed by atoms with E-state index in [1.165, 1.54) is 14.2 Å². The predicted octanol–water partition coefficient (Wildman–Crippen LogP) is 1.57. The molecule has 1 unspecified atom stereocenters. The molecular weight excluding hydrogens is 274 g/mol. The molecule has 0 aromatic heterocycles. The van der Waals surface area contributed by atoms with Crippen molar-refractivity contribution >= 4 is 5.91 Å². The summed E-state index contributed by atoms with van der Waals surface area (Å²) in [5, 5.41) is 0. The number of ether oxygens (including phenoxy) is 4. The Kier molecular flexibility index (Phi) is 4.90. The third kappa shape index (κ3) is 3.21. The second-order valence-electron chi connectivity index (χ2n) is 4.84. The van der Waals surface area contributed by atoms with E-state index < -0.39 is 0 Å². The topological polar surface area (TPSA) is 57.2 Å². The molecular formula is C15H21NO5. The number of hydrogen-bond donors (Lipinski definition) is 0. The quantitative estimate of drug-likeness (QED) is 0.844. The van der Waals surface area contributed by atoms with Gasteiger partial charge in [0.05, 0.1) is 39.6 Å². The highest BCUT2D eigenvalue weighted by Gasteiger charge is 2.26. The molecule has 0 saturated carbocycles. The third-order valence-corrected chi connectivity index (χ3v) is 3.46. The van der Waals surface area contributed by atoms with Gasteiger partial charge in [-0.25, -0.2) is 0 Å². The van der Waals surface area contributed by atoms with Crippen molar-refractivity contribution in [3.8, 4) is 17.2 Å². The van der Waals surface area contributed by atoms with Gasteiger partial charge in [0.15, 0.2) is 11.5 Å². The number of hydrogen-bond acceptors (Lipinski definition) is 5. The van der Waals surface area contributed by atoms with Crippen LogP contribution in [0.2, 0.25) is 0 Å². The van der Waals surface area contributed by atoms with Gasteiger partial charge in [-0.1, -0.05) is 0 Å². The van der Waals surface area contributed by atoms with Crippen molar-refractivity contribution in [1.29, 1.82) is 0 Å². The van der Waals surface area contributed by atoms with Gasteiger partial charge in [0, 0.05) is 25.2 Å². The Bertz CT molecular complexity index is 517. The Balaban J connectivity index is 2.34. The van der Waals surface area contributed by atoms with Gasteiger partial charge < -0.3 is 23.8 Å². The van der Waals surface area contributed by atoms with E-state index in [0.717, 1.165) is 0 Å². The summed E-state index contributed by atoms with van der Waals surface area (Å²) in [6, 6.07) is 3.32. The lowest BCUT2D eigenvalue weighted by Gasteiger charge is -2.31. The van der Waals surface area contributed by atoms with Crippen molar-refractivity contribution in [3.63, 3.8) is 0 Å². The number of rotatable bonds is 4. The van der Waals surface area contributed by atoms with Crippen LogP contribution in [0, 0.1) is 0 Å². The van der Waals surface area contributed by atoms with E-state index in [0.29, 0.717) is 42.5 Å². The fraction of sp³-hybridized carbons (Fsp3) is 0.533. The first-order chi connectivity index (χ1) is 10.1. The number of carbonyl (C=O) groups excluding carboxylic acids is 1. The van der Waals surface area contributed by atoms with Crippen molar-refractivity contribution in [3.05, 3.63) is 17.7 Å². The number of nitrogens with zero attached hydrogens (tertiary/aromatic N) is 1. The van der Waals surface area contributed by atoms with Crippen molar-refractivity contribution in [2.45, 2.75) is 13.0 Å². The number of morpholine rings is 1. The molecule has 0 bridgehead atoms. The molecule has 6 nitrogen and oxygen atoms in total. The molecule has 1 fully saturated rings. The highest BCUT2D eigenvalue weighted by Crippen LogP contribution is 2.35. The minimum Gasteiger partial charge on any atom is -0.496 e. The smallest absolute Gasteiger partial charge is 0.257 e. The van der Waals surface area contributed by atoms with Gasteiger partial charge in [-0.15, -0.1) is 0 Å². The molecule has 2 rings (SSSR count). The van der Waals surface area contributed by atoms with E-state index in [4.69, 9.17) is 18.9 Å².